The first-order valence-electron chi connectivity index (χ1n) is 3.35. The molecule has 2 aromatic rings. The van der Waals surface area contributed by atoms with Crippen LogP contribution in [0.25, 0.3) is 10.7 Å². The normalized spacial score (nSPS) is 10.0. The summed E-state index contributed by atoms with van der Waals surface area (Å²) in [5.41, 5.74) is 7.95. The largest absolute Gasteiger partial charge is 0.384 e. The van der Waals surface area contributed by atoms with Crippen LogP contribution in [0.3, 0.4) is 0 Å². The van der Waals surface area contributed by atoms with Crippen LogP contribution < -0.4 is 5.73 Å². The number of nitrogens with zero attached hydrogens (tertiary/aromatic N) is 3. The number of rotatable bonds is 1. The van der Waals surface area contributed by atoms with Crippen molar-refractivity contribution in [3.63, 3.8) is 0 Å². The minimum atomic E-state index is 0.503. The van der Waals surface area contributed by atoms with Crippen molar-refractivity contribution in [2.75, 3.05) is 5.73 Å². The molecule has 2 aromatic heterocycles. The number of hydrogen-bond acceptors (Lipinski definition) is 5. The van der Waals surface area contributed by atoms with Crippen LogP contribution in [0.5, 0.6) is 0 Å². The highest BCUT2D eigenvalue weighted by atomic mass is 32.1. The van der Waals surface area contributed by atoms with E-state index in [2.05, 4.69) is 15.2 Å². The molecule has 0 fully saturated rings. The Bertz CT molecular complexity index is 371. The van der Waals surface area contributed by atoms with E-state index in [9.17, 15) is 0 Å². The maximum Gasteiger partial charge on any atom is 0.166 e. The van der Waals surface area contributed by atoms with E-state index < -0.39 is 0 Å². The van der Waals surface area contributed by atoms with E-state index in [-0.39, 0.29) is 0 Å². The molecule has 0 aliphatic rings. The molecule has 0 aromatic carbocycles. The van der Waals surface area contributed by atoms with Crippen molar-refractivity contribution in [2.45, 2.75) is 0 Å². The van der Waals surface area contributed by atoms with Gasteiger partial charge in [0, 0.05) is 0 Å². The second kappa shape index (κ2) is 2.86. The van der Waals surface area contributed by atoms with E-state index in [4.69, 9.17) is 5.73 Å². The Kier molecular flexibility index (Phi) is 1.71. The number of nitrogens with two attached hydrogens (primary N) is 1. The molecule has 0 bridgehead atoms. The van der Waals surface area contributed by atoms with Gasteiger partial charge in [-0.05, 0) is 12.1 Å². The molecular formula is C7H6N4S. The predicted molar refractivity (Wildman–Crippen MR) is 47.6 cm³/mol. The molecule has 0 radical (unpaired) electrons. The zero-order chi connectivity index (χ0) is 8.39. The SMILES string of the molecule is Nc1cccc(-c2nncs2)n1. The highest BCUT2D eigenvalue weighted by molar-refractivity contribution is 7.12. The van der Waals surface area contributed by atoms with Crippen LogP contribution in [0.4, 0.5) is 5.82 Å². The van der Waals surface area contributed by atoms with Crippen LogP contribution in [0.2, 0.25) is 0 Å². The summed E-state index contributed by atoms with van der Waals surface area (Å²) in [6.45, 7) is 0. The smallest absolute Gasteiger partial charge is 0.166 e. The maximum absolute atomic E-state index is 5.51. The van der Waals surface area contributed by atoms with Gasteiger partial charge in [-0.1, -0.05) is 17.4 Å². The molecule has 0 amide bonds. The number of pyridine rings is 1. The molecule has 0 unspecified atom stereocenters. The van der Waals surface area contributed by atoms with Crippen LogP contribution in [-0.4, -0.2) is 15.2 Å². The first-order chi connectivity index (χ1) is 5.86. The fourth-order valence-corrected chi connectivity index (χ4v) is 1.38. The van der Waals surface area contributed by atoms with Crippen molar-refractivity contribution in [1.29, 1.82) is 0 Å². The average molecular weight is 178 g/mol. The van der Waals surface area contributed by atoms with Gasteiger partial charge in [0.2, 0.25) is 0 Å². The van der Waals surface area contributed by atoms with E-state index in [0.29, 0.717) is 5.82 Å². The van der Waals surface area contributed by atoms with Gasteiger partial charge in [0.05, 0.1) is 0 Å². The standard InChI is InChI=1S/C7H6N4S/c8-6-3-1-2-5(10-6)7-11-9-4-12-7/h1-4H,(H2,8,10). The lowest BCUT2D eigenvalue weighted by atomic mass is 10.3. The van der Waals surface area contributed by atoms with Gasteiger partial charge >= 0.3 is 0 Å². The maximum atomic E-state index is 5.51. The molecule has 4 nitrogen and oxygen atoms in total. The molecule has 0 aliphatic heterocycles. The summed E-state index contributed by atoms with van der Waals surface area (Å²) < 4.78 is 0. The number of hydrogen-bond donors (Lipinski definition) is 1. The van der Waals surface area contributed by atoms with E-state index >= 15 is 0 Å². The Hall–Kier alpha value is -1.49. The molecule has 0 saturated heterocycles. The molecule has 2 rings (SSSR count). The number of anilines is 1. The van der Waals surface area contributed by atoms with Crippen molar-refractivity contribution >= 4 is 17.2 Å². The van der Waals surface area contributed by atoms with Crippen molar-refractivity contribution in [1.82, 2.24) is 15.2 Å². The minimum absolute atomic E-state index is 0.503. The Morgan fingerprint density at radius 1 is 1.33 bits per heavy atom. The van der Waals surface area contributed by atoms with E-state index in [1.807, 2.05) is 12.1 Å². The second-order valence-corrected chi connectivity index (χ2v) is 3.02. The Morgan fingerprint density at radius 2 is 2.25 bits per heavy atom. The van der Waals surface area contributed by atoms with Crippen molar-refractivity contribution in [2.24, 2.45) is 0 Å². The predicted octanol–water partition coefficient (Wildman–Crippen LogP) is 1.18. The summed E-state index contributed by atoms with van der Waals surface area (Å²) in [6.07, 6.45) is 0. The summed E-state index contributed by atoms with van der Waals surface area (Å²) in [4.78, 5) is 4.10. The van der Waals surface area contributed by atoms with E-state index in [1.54, 1.807) is 11.6 Å². The fourth-order valence-electron chi connectivity index (χ4n) is 0.855. The van der Waals surface area contributed by atoms with Crippen LogP contribution in [0.15, 0.2) is 23.7 Å². The third-order valence-electron chi connectivity index (χ3n) is 1.35. The number of aromatic nitrogens is 3. The van der Waals surface area contributed by atoms with Gasteiger partial charge in [-0.25, -0.2) is 4.98 Å². The lowest BCUT2D eigenvalue weighted by Gasteiger charge is -1.94. The Labute approximate surface area is 73.1 Å². The van der Waals surface area contributed by atoms with Gasteiger partial charge in [0.25, 0.3) is 0 Å². The summed E-state index contributed by atoms with van der Waals surface area (Å²) in [7, 11) is 0. The molecule has 0 atom stereocenters. The Balaban J connectivity index is 2.48. The summed E-state index contributed by atoms with van der Waals surface area (Å²) >= 11 is 1.44. The molecule has 12 heavy (non-hydrogen) atoms. The summed E-state index contributed by atoms with van der Waals surface area (Å²) in [5.74, 6) is 0.503. The lowest BCUT2D eigenvalue weighted by molar-refractivity contribution is 1.09. The quantitative estimate of drug-likeness (QED) is 0.712. The van der Waals surface area contributed by atoms with Gasteiger partial charge in [0.1, 0.15) is 17.0 Å². The third-order valence-corrected chi connectivity index (χ3v) is 2.06. The number of nitrogen functional groups attached to an aromatic ring is 1. The highest BCUT2D eigenvalue weighted by Crippen LogP contribution is 2.18. The van der Waals surface area contributed by atoms with Gasteiger partial charge in [0.15, 0.2) is 5.01 Å². The highest BCUT2D eigenvalue weighted by Gasteiger charge is 2.01. The first kappa shape index (κ1) is 7.17. The van der Waals surface area contributed by atoms with Gasteiger partial charge in [-0.15, -0.1) is 10.2 Å². The average Bonchev–Trinajstić information content (AvgIpc) is 2.56. The molecule has 0 spiro atoms. The minimum Gasteiger partial charge on any atom is -0.384 e. The second-order valence-electron chi connectivity index (χ2n) is 2.19. The third kappa shape index (κ3) is 1.26. The fraction of sp³-hybridized carbons (Fsp3) is 0. The zero-order valence-corrected chi connectivity index (χ0v) is 6.95. The van der Waals surface area contributed by atoms with Crippen LogP contribution >= 0.6 is 11.3 Å². The van der Waals surface area contributed by atoms with Crippen LogP contribution in [0, 0.1) is 0 Å². The van der Waals surface area contributed by atoms with E-state index in [0.717, 1.165) is 10.7 Å². The molecule has 2 heterocycles. The van der Waals surface area contributed by atoms with Crippen LogP contribution in [0.1, 0.15) is 0 Å². The van der Waals surface area contributed by atoms with Gasteiger partial charge in [-0.3, -0.25) is 0 Å². The summed E-state index contributed by atoms with van der Waals surface area (Å²) in [6, 6.07) is 5.44. The molecule has 0 aliphatic carbocycles. The van der Waals surface area contributed by atoms with E-state index in [1.165, 1.54) is 11.3 Å². The zero-order valence-electron chi connectivity index (χ0n) is 6.14. The monoisotopic (exact) mass is 178 g/mol. The van der Waals surface area contributed by atoms with Crippen molar-refractivity contribution in [3.8, 4) is 10.7 Å². The lowest BCUT2D eigenvalue weighted by Crippen LogP contribution is -1.90. The summed E-state index contributed by atoms with van der Waals surface area (Å²) in [5, 5.41) is 8.39. The first-order valence-corrected chi connectivity index (χ1v) is 4.23. The van der Waals surface area contributed by atoms with Crippen molar-refractivity contribution < 1.29 is 0 Å². The topological polar surface area (TPSA) is 64.7 Å². The molecule has 60 valence electrons. The molecule has 5 heteroatoms. The van der Waals surface area contributed by atoms with Gasteiger partial charge < -0.3 is 5.73 Å². The molecule has 0 saturated carbocycles. The Morgan fingerprint density at radius 3 is 2.92 bits per heavy atom. The molecule has 2 N–H and O–H groups in total. The van der Waals surface area contributed by atoms with Crippen molar-refractivity contribution in [3.05, 3.63) is 23.7 Å². The van der Waals surface area contributed by atoms with Crippen LogP contribution in [-0.2, 0) is 0 Å². The molecular weight excluding hydrogens is 172 g/mol. The van der Waals surface area contributed by atoms with Gasteiger partial charge in [-0.2, -0.15) is 0 Å².